The van der Waals surface area contributed by atoms with Crippen molar-refractivity contribution in [3.8, 4) is 0 Å². The van der Waals surface area contributed by atoms with E-state index in [0.29, 0.717) is 24.5 Å². The number of tetrazole rings is 1. The first-order valence-corrected chi connectivity index (χ1v) is 14.2. The minimum atomic E-state index is -0.465. The molecule has 1 N–H and O–H groups in total. The molecule has 1 saturated carbocycles. The standard InChI is InChI=1S/C29H32N6O2S/c1-19-14-20(2)24-16-25(29(36)30-26(24)15-19)27(28-31-32-33-35(28)21-8-4-3-5-9-21)34(17-22-10-6-12-37-22)18-23-11-7-13-38-23/h6-7,10-16,21,27H,3-5,8-9,17-18H2,1-2H3,(H,30,36). The highest BCUT2D eigenvalue weighted by molar-refractivity contribution is 7.09. The van der Waals surface area contributed by atoms with Gasteiger partial charge in [-0.05, 0) is 84.0 Å². The molecule has 196 valence electrons. The largest absolute Gasteiger partial charge is 0.468 e. The Morgan fingerprint density at radius 3 is 2.76 bits per heavy atom. The molecular formula is C29H32N6O2S. The Labute approximate surface area is 225 Å². The fourth-order valence-electron chi connectivity index (χ4n) is 5.80. The molecule has 8 nitrogen and oxygen atoms in total. The maximum Gasteiger partial charge on any atom is 0.253 e. The lowest BCUT2D eigenvalue weighted by Gasteiger charge is -2.32. The number of fused-ring (bicyclic) bond motifs is 1. The number of nitrogens with one attached hydrogen (secondary N) is 1. The van der Waals surface area contributed by atoms with Gasteiger partial charge in [-0.25, -0.2) is 4.68 Å². The summed E-state index contributed by atoms with van der Waals surface area (Å²) in [6, 6.07) is 14.0. The first-order valence-electron chi connectivity index (χ1n) is 13.3. The fourth-order valence-corrected chi connectivity index (χ4v) is 6.53. The van der Waals surface area contributed by atoms with E-state index in [1.807, 2.05) is 35.9 Å². The van der Waals surface area contributed by atoms with Crippen LogP contribution in [0, 0.1) is 13.8 Å². The molecule has 38 heavy (non-hydrogen) atoms. The molecule has 0 spiro atoms. The molecule has 1 aliphatic carbocycles. The van der Waals surface area contributed by atoms with Crippen LogP contribution < -0.4 is 5.56 Å². The minimum absolute atomic E-state index is 0.124. The summed E-state index contributed by atoms with van der Waals surface area (Å²) in [6.07, 6.45) is 7.34. The zero-order valence-electron chi connectivity index (χ0n) is 21.8. The molecule has 6 rings (SSSR count). The molecule has 1 unspecified atom stereocenters. The molecule has 9 heteroatoms. The topological polar surface area (TPSA) is 92.8 Å². The quantitative estimate of drug-likeness (QED) is 0.262. The summed E-state index contributed by atoms with van der Waals surface area (Å²) in [4.78, 5) is 20.4. The lowest BCUT2D eigenvalue weighted by Crippen LogP contribution is -2.35. The van der Waals surface area contributed by atoms with Crippen LogP contribution in [0.15, 0.2) is 63.3 Å². The first kappa shape index (κ1) is 24.8. The highest BCUT2D eigenvalue weighted by Crippen LogP contribution is 2.35. The van der Waals surface area contributed by atoms with E-state index in [1.165, 1.54) is 11.3 Å². The molecule has 0 aliphatic heterocycles. The van der Waals surface area contributed by atoms with Crippen LogP contribution in [0.2, 0.25) is 0 Å². The van der Waals surface area contributed by atoms with Crippen molar-refractivity contribution in [2.45, 2.75) is 71.1 Å². The van der Waals surface area contributed by atoms with Gasteiger partial charge in [-0.3, -0.25) is 9.69 Å². The van der Waals surface area contributed by atoms with E-state index in [-0.39, 0.29) is 11.6 Å². The van der Waals surface area contributed by atoms with E-state index in [9.17, 15) is 4.79 Å². The average Bonchev–Trinajstić information content (AvgIpc) is 3.69. The van der Waals surface area contributed by atoms with Gasteiger partial charge in [0.25, 0.3) is 5.56 Å². The van der Waals surface area contributed by atoms with E-state index in [2.05, 4.69) is 55.9 Å². The Morgan fingerprint density at radius 1 is 1.13 bits per heavy atom. The van der Waals surface area contributed by atoms with Gasteiger partial charge >= 0.3 is 0 Å². The maximum atomic E-state index is 13.8. The van der Waals surface area contributed by atoms with Crippen LogP contribution in [0.25, 0.3) is 10.9 Å². The normalized spacial score (nSPS) is 15.4. The third-order valence-corrected chi connectivity index (χ3v) is 8.42. The number of hydrogen-bond acceptors (Lipinski definition) is 7. The highest BCUT2D eigenvalue weighted by atomic mass is 32.1. The van der Waals surface area contributed by atoms with E-state index >= 15 is 0 Å². The minimum Gasteiger partial charge on any atom is -0.468 e. The van der Waals surface area contributed by atoms with Crippen LogP contribution >= 0.6 is 11.3 Å². The third kappa shape index (κ3) is 4.96. The van der Waals surface area contributed by atoms with E-state index in [4.69, 9.17) is 4.42 Å². The lowest BCUT2D eigenvalue weighted by atomic mass is 9.94. The number of aromatic nitrogens is 5. The van der Waals surface area contributed by atoms with Crippen molar-refractivity contribution in [2.24, 2.45) is 0 Å². The van der Waals surface area contributed by atoms with E-state index in [0.717, 1.165) is 53.5 Å². The SMILES string of the molecule is Cc1cc(C)c2cc(C(c3nnnn3C3CCCCC3)N(Cc3ccco3)Cc3cccs3)c(=O)[nH]c2c1. The maximum absolute atomic E-state index is 13.8. The van der Waals surface area contributed by atoms with Crippen LogP contribution in [0.5, 0.6) is 0 Å². The van der Waals surface area contributed by atoms with Gasteiger partial charge in [0.05, 0.1) is 18.8 Å². The summed E-state index contributed by atoms with van der Waals surface area (Å²) in [5.41, 5.74) is 3.60. The van der Waals surface area contributed by atoms with Gasteiger partial charge in [-0.2, -0.15) is 0 Å². The van der Waals surface area contributed by atoms with Crippen LogP contribution in [-0.4, -0.2) is 30.1 Å². The number of pyridine rings is 1. The number of hydrogen-bond donors (Lipinski definition) is 1. The highest BCUT2D eigenvalue weighted by Gasteiger charge is 2.33. The molecule has 1 atom stereocenters. The van der Waals surface area contributed by atoms with Crippen molar-refractivity contribution in [3.05, 3.63) is 97.6 Å². The number of furan rings is 1. The average molecular weight is 529 g/mol. The molecule has 5 aromatic rings. The summed E-state index contributed by atoms with van der Waals surface area (Å²) in [5, 5.41) is 16.3. The van der Waals surface area contributed by atoms with Crippen LogP contribution in [-0.2, 0) is 13.1 Å². The van der Waals surface area contributed by atoms with Crippen LogP contribution in [0.1, 0.15) is 77.3 Å². The number of thiophene rings is 1. The Bertz CT molecular complexity index is 1530. The fraction of sp³-hybridized carbons (Fsp3) is 0.379. The van der Waals surface area contributed by atoms with Crippen molar-refractivity contribution in [3.63, 3.8) is 0 Å². The third-order valence-electron chi connectivity index (χ3n) is 7.56. The second kappa shape index (κ2) is 10.7. The predicted molar refractivity (Wildman–Crippen MR) is 148 cm³/mol. The molecule has 1 aromatic carbocycles. The van der Waals surface area contributed by atoms with Crippen molar-refractivity contribution in [1.29, 1.82) is 0 Å². The molecule has 0 bridgehead atoms. The van der Waals surface area contributed by atoms with E-state index in [1.54, 1.807) is 17.6 Å². The number of benzene rings is 1. The number of aryl methyl sites for hydroxylation is 2. The van der Waals surface area contributed by atoms with Crippen molar-refractivity contribution in [2.75, 3.05) is 0 Å². The van der Waals surface area contributed by atoms with Gasteiger partial charge in [-0.1, -0.05) is 31.4 Å². The summed E-state index contributed by atoms with van der Waals surface area (Å²) < 4.78 is 7.77. The van der Waals surface area contributed by atoms with E-state index < -0.39 is 6.04 Å². The summed E-state index contributed by atoms with van der Waals surface area (Å²) >= 11 is 1.70. The molecule has 4 aromatic heterocycles. The van der Waals surface area contributed by atoms with Gasteiger partial charge < -0.3 is 9.40 Å². The molecule has 1 fully saturated rings. The van der Waals surface area contributed by atoms with Crippen molar-refractivity contribution in [1.82, 2.24) is 30.1 Å². The Kier molecular flexibility index (Phi) is 6.95. The summed E-state index contributed by atoms with van der Waals surface area (Å²) in [7, 11) is 0. The smallest absolute Gasteiger partial charge is 0.253 e. The second-order valence-electron chi connectivity index (χ2n) is 10.3. The van der Waals surface area contributed by atoms with Gasteiger partial charge in [0.15, 0.2) is 5.82 Å². The van der Waals surface area contributed by atoms with Crippen LogP contribution in [0.4, 0.5) is 0 Å². The van der Waals surface area contributed by atoms with Crippen LogP contribution in [0.3, 0.4) is 0 Å². The Hall–Kier alpha value is -3.56. The summed E-state index contributed by atoms with van der Waals surface area (Å²) in [6.45, 7) is 5.28. The number of aromatic amines is 1. The monoisotopic (exact) mass is 528 g/mol. The first-order chi connectivity index (χ1) is 18.6. The second-order valence-corrected chi connectivity index (χ2v) is 11.4. The zero-order chi connectivity index (χ0) is 26.1. The molecule has 0 radical (unpaired) electrons. The molecule has 0 amide bonds. The molecule has 1 aliphatic rings. The van der Waals surface area contributed by atoms with Crippen molar-refractivity contribution >= 4 is 22.2 Å². The van der Waals surface area contributed by atoms with Gasteiger partial charge in [0, 0.05) is 27.9 Å². The summed E-state index contributed by atoms with van der Waals surface area (Å²) in [5.74, 6) is 1.53. The molecule has 4 heterocycles. The molecule has 0 saturated heterocycles. The number of nitrogens with zero attached hydrogens (tertiary/aromatic N) is 5. The number of H-pyrrole nitrogens is 1. The van der Waals surface area contributed by atoms with Gasteiger partial charge in [0.2, 0.25) is 0 Å². The zero-order valence-corrected chi connectivity index (χ0v) is 22.6. The lowest BCUT2D eigenvalue weighted by molar-refractivity contribution is 0.175. The Balaban J connectivity index is 1.54. The van der Waals surface area contributed by atoms with Gasteiger partial charge in [-0.15, -0.1) is 16.4 Å². The van der Waals surface area contributed by atoms with Gasteiger partial charge in [0.1, 0.15) is 11.8 Å². The van der Waals surface area contributed by atoms with Crippen molar-refractivity contribution < 1.29 is 4.42 Å². The number of rotatable bonds is 8. The predicted octanol–water partition coefficient (Wildman–Crippen LogP) is 6.08. The molecular weight excluding hydrogens is 496 g/mol. The Morgan fingerprint density at radius 2 is 2.00 bits per heavy atom.